The minimum Gasteiger partial charge on any atom is -0.493 e. The van der Waals surface area contributed by atoms with Crippen LogP contribution in [-0.4, -0.2) is 22.2 Å². The van der Waals surface area contributed by atoms with Gasteiger partial charge in [-0.15, -0.1) is 0 Å². The average molecular weight is 324 g/mol. The van der Waals surface area contributed by atoms with Crippen LogP contribution in [0.5, 0.6) is 5.75 Å². The van der Waals surface area contributed by atoms with Crippen molar-refractivity contribution in [2.45, 2.75) is 31.5 Å². The van der Waals surface area contributed by atoms with E-state index in [0.717, 1.165) is 29.5 Å². The van der Waals surface area contributed by atoms with Crippen LogP contribution in [0.25, 0.3) is 10.9 Å². The second-order valence-electron chi connectivity index (χ2n) is 4.47. The molecule has 4 heteroatoms. The number of fused-ring (bicyclic) bond motifs is 1. The van der Waals surface area contributed by atoms with Crippen molar-refractivity contribution in [2.75, 3.05) is 6.61 Å². The monoisotopic (exact) mass is 323 g/mol. The molecule has 0 fully saturated rings. The van der Waals surface area contributed by atoms with Gasteiger partial charge in [0.25, 0.3) is 0 Å². The number of ether oxygens (including phenoxy) is 1. The summed E-state index contributed by atoms with van der Waals surface area (Å²) in [7, 11) is 0. The number of carbonyl (C=O) groups is 1. The van der Waals surface area contributed by atoms with E-state index in [1.54, 1.807) is 6.20 Å². The van der Waals surface area contributed by atoms with Gasteiger partial charge in [-0.3, -0.25) is 4.79 Å². The minimum atomic E-state index is -0.147. The highest BCUT2D eigenvalue weighted by molar-refractivity contribution is 9.10. The third-order valence-corrected chi connectivity index (χ3v) is 4.10. The molecular formula is C15H18BrNO2. The number of nitrogens with one attached hydrogen (secondary N) is 1. The summed E-state index contributed by atoms with van der Waals surface area (Å²) in [5, 5.41) is 0.888. The Balaban J connectivity index is 2.47. The first kappa shape index (κ1) is 14.1. The number of ketones is 1. The van der Waals surface area contributed by atoms with Crippen LogP contribution in [0.2, 0.25) is 0 Å². The maximum atomic E-state index is 12.4. The van der Waals surface area contributed by atoms with E-state index in [-0.39, 0.29) is 10.6 Å². The lowest BCUT2D eigenvalue weighted by molar-refractivity contribution is 0.0991. The number of hydrogen-bond donors (Lipinski definition) is 1. The van der Waals surface area contributed by atoms with E-state index >= 15 is 0 Å². The van der Waals surface area contributed by atoms with Gasteiger partial charge in [-0.05, 0) is 25.0 Å². The van der Waals surface area contributed by atoms with Crippen LogP contribution in [0.15, 0.2) is 24.4 Å². The summed E-state index contributed by atoms with van der Waals surface area (Å²) in [5.74, 6) is 0.876. The number of rotatable bonds is 6. The standard InChI is InChI=1S/C15H18BrNO2/c1-3-8-19-13-7-5-6-12-14(13)10(9-17-12)15(18)11(16)4-2/h5-7,9,11,17H,3-4,8H2,1-2H3. The zero-order valence-corrected chi connectivity index (χ0v) is 12.8. The smallest absolute Gasteiger partial charge is 0.178 e. The molecule has 3 nitrogen and oxygen atoms in total. The lowest BCUT2D eigenvalue weighted by Gasteiger charge is -2.09. The summed E-state index contributed by atoms with van der Waals surface area (Å²) < 4.78 is 5.74. The van der Waals surface area contributed by atoms with Gasteiger partial charge in [-0.1, -0.05) is 35.8 Å². The van der Waals surface area contributed by atoms with Gasteiger partial charge >= 0.3 is 0 Å². The number of benzene rings is 1. The van der Waals surface area contributed by atoms with Crippen molar-refractivity contribution < 1.29 is 9.53 Å². The maximum Gasteiger partial charge on any atom is 0.178 e. The van der Waals surface area contributed by atoms with Gasteiger partial charge in [-0.25, -0.2) is 0 Å². The molecule has 102 valence electrons. The molecule has 0 radical (unpaired) electrons. The predicted octanol–water partition coefficient (Wildman–Crippen LogP) is 4.31. The third-order valence-electron chi connectivity index (χ3n) is 3.04. The Morgan fingerprint density at radius 3 is 2.89 bits per heavy atom. The maximum absolute atomic E-state index is 12.4. The highest BCUT2D eigenvalue weighted by atomic mass is 79.9. The zero-order valence-electron chi connectivity index (χ0n) is 11.2. The van der Waals surface area contributed by atoms with Crippen molar-refractivity contribution in [2.24, 2.45) is 0 Å². The number of aromatic amines is 1. The fourth-order valence-electron chi connectivity index (χ4n) is 2.03. The van der Waals surface area contributed by atoms with E-state index < -0.39 is 0 Å². The van der Waals surface area contributed by atoms with Gasteiger partial charge < -0.3 is 9.72 Å². The zero-order chi connectivity index (χ0) is 13.8. The summed E-state index contributed by atoms with van der Waals surface area (Å²) in [6.07, 6.45) is 3.49. The Kier molecular flexibility index (Phi) is 4.64. The van der Waals surface area contributed by atoms with E-state index in [0.29, 0.717) is 12.2 Å². The van der Waals surface area contributed by atoms with Gasteiger partial charge in [-0.2, -0.15) is 0 Å². The first-order valence-corrected chi connectivity index (χ1v) is 7.51. The number of alkyl halides is 1. The van der Waals surface area contributed by atoms with E-state index in [9.17, 15) is 4.79 Å². The molecule has 0 aliphatic carbocycles. The molecule has 0 bridgehead atoms. The SMILES string of the molecule is CCCOc1cccc2[nH]cc(C(=O)C(Br)CC)c12. The molecule has 1 unspecified atom stereocenters. The topological polar surface area (TPSA) is 42.1 Å². The van der Waals surface area contributed by atoms with Crippen LogP contribution in [0.1, 0.15) is 37.0 Å². The van der Waals surface area contributed by atoms with Crippen LogP contribution in [0, 0.1) is 0 Å². The molecular weight excluding hydrogens is 306 g/mol. The molecule has 19 heavy (non-hydrogen) atoms. The highest BCUT2D eigenvalue weighted by Gasteiger charge is 2.20. The second-order valence-corrected chi connectivity index (χ2v) is 5.57. The largest absolute Gasteiger partial charge is 0.493 e. The number of Topliss-reactive ketones (excluding diaryl/α,β-unsaturated/α-hetero) is 1. The number of aromatic nitrogens is 1. The summed E-state index contributed by atoms with van der Waals surface area (Å²) in [4.78, 5) is 15.4. The third kappa shape index (κ3) is 2.84. The molecule has 0 saturated heterocycles. The predicted molar refractivity (Wildman–Crippen MR) is 81.4 cm³/mol. The summed E-state index contributed by atoms with van der Waals surface area (Å²) in [6.45, 7) is 4.71. The first-order chi connectivity index (χ1) is 9.19. The quantitative estimate of drug-likeness (QED) is 0.635. The molecule has 1 aromatic carbocycles. The molecule has 2 rings (SSSR count). The molecule has 1 N–H and O–H groups in total. The van der Waals surface area contributed by atoms with Gasteiger partial charge in [0.2, 0.25) is 0 Å². The van der Waals surface area contributed by atoms with Gasteiger partial charge in [0.05, 0.1) is 16.8 Å². The van der Waals surface area contributed by atoms with Crippen molar-refractivity contribution in [1.82, 2.24) is 4.98 Å². The molecule has 1 aromatic heterocycles. The average Bonchev–Trinajstić information content (AvgIpc) is 2.87. The van der Waals surface area contributed by atoms with Crippen molar-refractivity contribution in [3.05, 3.63) is 30.0 Å². The highest BCUT2D eigenvalue weighted by Crippen LogP contribution is 2.30. The van der Waals surface area contributed by atoms with Crippen molar-refractivity contribution in [1.29, 1.82) is 0 Å². The Morgan fingerprint density at radius 1 is 1.42 bits per heavy atom. The molecule has 0 saturated carbocycles. The minimum absolute atomic E-state index is 0.0984. The number of hydrogen-bond acceptors (Lipinski definition) is 2. The van der Waals surface area contributed by atoms with Crippen molar-refractivity contribution >= 4 is 32.6 Å². The van der Waals surface area contributed by atoms with Crippen LogP contribution in [0.3, 0.4) is 0 Å². The summed E-state index contributed by atoms with van der Waals surface area (Å²) in [5.41, 5.74) is 1.64. The molecule has 0 spiro atoms. The van der Waals surface area contributed by atoms with Crippen molar-refractivity contribution in [3.8, 4) is 5.75 Å². The summed E-state index contributed by atoms with van der Waals surface area (Å²) >= 11 is 3.42. The van der Waals surface area contributed by atoms with Crippen LogP contribution in [0.4, 0.5) is 0 Å². The van der Waals surface area contributed by atoms with Gasteiger partial charge in [0, 0.05) is 17.3 Å². The van der Waals surface area contributed by atoms with E-state index in [1.165, 1.54) is 0 Å². The normalized spacial score (nSPS) is 12.6. The van der Waals surface area contributed by atoms with E-state index in [1.807, 2.05) is 25.1 Å². The lowest BCUT2D eigenvalue weighted by Crippen LogP contribution is -2.12. The Bertz CT molecular complexity index is 577. The molecule has 0 amide bonds. The van der Waals surface area contributed by atoms with Gasteiger partial charge in [0.15, 0.2) is 5.78 Å². The van der Waals surface area contributed by atoms with E-state index in [2.05, 4.69) is 27.8 Å². The second kappa shape index (κ2) is 6.24. The van der Waals surface area contributed by atoms with Crippen LogP contribution in [-0.2, 0) is 0 Å². The Labute approximate surface area is 121 Å². The van der Waals surface area contributed by atoms with E-state index in [4.69, 9.17) is 4.74 Å². The van der Waals surface area contributed by atoms with Crippen LogP contribution < -0.4 is 4.74 Å². The number of halogens is 1. The number of carbonyl (C=O) groups excluding carboxylic acids is 1. The first-order valence-electron chi connectivity index (χ1n) is 6.60. The van der Waals surface area contributed by atoms with Crippen molar-refractivity contribution in [3.63, 3.8) is 0 Å². The summed E-state index contributed by atoms with van der Waals surface area (Å²) in [6, 6.07) is 5.81. The Morgan fingerprint density at radius 2 is 2.21 bits per heavy atom. The number of H-pyrrole nitrogens is 1. The Hall–Kier alpha value is -1.29. The van der Waals surface area contributed by atoms with Gasteiger partial charge in [0.1, 0.15) is 5.75 Å². The fourth-order valence-corrected chi connectivity index (χ4v) is 2.28. The van der Waals surface area contributed by atoms with Crippen LogP contribution >= 0.6 is 15.9 Å². The lowest BCUT2D eigenvalue weighted by atomic mass is 10.1. The molecule has 0 aliphatic rings. The molecule has 0 aliphatic heterocycles. The molecule has 1 heterocycles. The fraction of sp³-hybridized carbons (Fsp3) is 0.400. The molecule has 1 atom stereocenters. The molecule has 2 aromatic rings.